The first kappa shape index (κ1) is 16.9. The van der Waals surface area contributed by atoms with Gasteiger partial charge in [-0.25, -0.2) is 0 Å². The van der Waals surface area contributed by atoms with Crippen LogP contribution in [0.2, 0.25) is 0 Å². The van der Waals surface area contributed by atoms with Gasteiger partial charge in [0, 0.05) is 0 Å². The van der Waals surface area contributed by atoms with E-state index in [2.05, 4.69) is 0 Å². The molecule has 0 aromatic carbocycles. The smallest absolute Gasteiger partial charge is 0.310 e. The topological polar surface area (TPSA) is 74.6 Å². The fraction of sp³-hybridized carbons (Fsp3) is 0.857. The lowest BCUT2D eigenvalue weighted by Crippen LogP contribution is -2.43. The third-order valence-electron chi connectivity index (χ3n) is 4.21. The standard InChI is InChI=1S/C14H26O4/c1-6-10(11(15)16)8-9-14(7-2,12(17)18)13(3,4)5/h10H,6-9H2,1-5H3,(H,15,16)(H,17,18). The minimum Gasteiger partial charge on any atom is -0.481 e. The number of hydrogen-bond donors (Lipinski definition) is 2. The lowest BCUT2D eigenvalue weighted by molar-refractivity contribution is -0.159. The zero-order valence-corrected chi connectivity index (χ0v) is 12.1. The van der Waals surface area contributed by atoms with Crippen LogP contribution >= 0.6 is 0 Å². The Balaban J connectivity index is 5.04. The number of rotatable bonds is 7. The largest absolute Gasteiger partial charge is 0.481 e. The van der Waals surface area contributed by atoms with E-state index in [-0.39, 0.29) is 5.41 Å². The maximum atomic E-state index is 11.6. The zero-order valence-electron chi connectivity index (χ0n) is 12.1. The summed E-state index contributed by atoms with van der Waals surface area (Å²) in [6.45, 7) is 9.41. The molecule has 0 aromatic heterocycles. The highest BCUT2D eigenvalue weighted by atomic mass is 16.4. The van der Waals surface area contributed by atoms with Crippen molar-refractivity contribution in [2.24, 2.45) is 16.7 Å². The molecule has 0 fully saturated rings. The molecule has 2 unspecified atom stereocenters. The monoisotopic (exact) mass is 258 g/mol. The number of carboxylic acid groups (broad SMARTS) is 2. The Labute approximate surface area is 109 Å². The van der Waals surface area contributed by atoms with Crippen LogP contribution in [-0.4, -0.2) is 22.2 Å². The van der Waals surface area contributed by atoms with Crippen LogP contribution in [-0.2, 0) is 9.59 Å². The molecule has 4 nitrogen and oxygen atoms in total. The average molecular weight is 258 g/mol. The molecule has 0 aliphatic carbocycles. The van der Waals surface area contributed by atoms with Crippen LogP contribution in [0.3, 0.4) is 0 Å². The molecule has 2 atom stereocenters. The fourth-order valence-electron chi connectivity index (χ4n) is 2.58. The van der Waals surface area contributed by atoms with Gasteiger partial charge in [-0.05, 0) is 31.1 Å². The van der Waals surface area contributed by atoms with Gasteiger partial charge in [-0.3, -0.25) is 9.59 Å². The summed E-state index contributed by atoms with van der Waals surface area (Å²) in [5, 5.41) is 18.6. The minimum atomic E-state index is -0.851. The van der Waals surface area contributed by atoms with E-state index in [9.17, 15) is 14.7 Å². The molecular formula is C14H26O4. The summed E-state index contributed by atoms with van der Waals surface area (Å²) >= 11 is 0. The normalized spacial score (nSPS) is 16.9. The lowest BCUT2D eigenvalue weighted by atomic mass is 9.62. The first-order valence-corrected chi connectivity index (χ1v) is 6.58. The summed E-state index contributed by atoms with van der Waals surface area (Å²) in [5.74, 6) is -2.10. The highest BCUT2D eigenvalue weighted by Gasteiger charge is 2.47. The van der Waals surface area contributed by atoms with Crippen molar-refractivity contribution >= 4 is 11.9 Å². The second kappa shape index (κ2) is 6.21. The zero-order chi connectivity index (χ0) is 14.6. The molecular weight excluding hydrogens is 232 g/mol. The number of aliphatic carboxylic acids is 2. The number of hydrogen-bond acceptors (Lipinski definition) is 2. The van der Waals surface area contributed by atoms with E-state index in [0.717, 1.165) is 0 Å². The van der Waals surface area contributed by atoms with Gasteiger partial charge in [0.2, 0.25) is 0 Å². The molecule has 2 N–H and O–H groups in total. The third-order valence-corrected chi connectivity index (χ3v) is 4.21. The van der Waals surface area contributed by atoms with Crippen LogP contribution in [0.15, 0.2) is 0 Å². The van der Waals surface area contributed by atoms with Crippen molar-refractivity contribution in [2.45, 2.75) is 60.3 Å². The van der Waals surface area contributed by atoms with Crippen LogP contribution < -0.4 is 0 Å². The Morgan fingerprint density at radius 1 is 1.11 bits per heavy atom. The van der Waals surface area contributed by atoms with Gasteiger partial charge in [-0.1, -0.05) is 34.6 Å². The van der Waals surface area contributed by atoms with Gasteiger partial charge in [0.25, 0.3) is 0 Å². The van der Waals surface area contributed by atoms with Gasteiger partial charge < -0.3 is 10.2 Å². The summed E-state index contributed by atoms with van der Waals surface area (Å²) in [7, 11) is 0. The van der Waals surface area contributed by atoms with E-state index in [0.29, 0.717) is 25.7 Å². The molecule has 0 aliphatic heterocycles. The average Bonchev–Trinajstić information content (AvgIpc) is 2.21. The van der Waals surface area contributed by atoms with E-state index < -0.39 is 23.3 Å². The molecule has 0 saturated carbocycles. The van der Waals surface area contributed by atoms with Crippen molar-refractivity contribution in [3.63, 3.8) is 0 Å². The minimum absolute atomic E-state index is 0.385. The summed E-state index contributed by atoms with van der Waals surface area (Å²) in [6, 6.07) is 0. The second-order valence-corrected chi connectivity index (χ2v) is 5.97. The van der Waals surface area contributed by atoms with Gasteiger partial charge >= 0.3 is 11.9 Å². The summed E-state index contributed by atoms with van der Waals surface area (Å²) in [5.41, 5.74) is -1.24. The fourth-order valence-corrected chi connectivity index (χ4v) is 2.58. The maximum Gasteiger partial charge on any atom is 0.310 e. The Hall–Kier alpha value is -1.06. The molecule has 4 heteroatoms. The van der Waals surface area contributed by atoms with Gasteiger partial charge in [-0.15, -0.1) is 0 Å². The second-order valence-electron chi connectivity index (χ2n) is 5.97. The Bertz CT molecular complexity index is 303. The van der Waals surface area contributed by atoms with Crippen molar-refractivity contribution in [3.05, 3.63) is 0 Å². The van der Waals surface area contributed by atoms with Crippen LogP contribution in [0.1, 0.15) is 60.3 Å². The molecule has 0 bridgehead atoms. The van der Waals surface area contributed by atoms with Crippen LogP contribution in [0.5, 0.6) is 0 Å². The SMILES string of the molecule is CCC(CCC(CC)(C(=O)O)C(C)(C)C)C(=O)O. The van der Waals surface area contributed by atoms with Crippen molar-refractivity contribution in [3.8, 4) is 0 Å². The summed E-state index contributed by atoms with van der Waals surface area (Å²) in [6.07, 6.45) is 1.89. The van der Waals surface area contributed by atoms with E-state index in [1.807, 2.05) is 34.6 Å². The Kier molecular flexibility index (Phi) is 5.84. The van der Waals surface area contributed by atoms with Crippen LogP contribution in [0, 0.1) is 16.7 Å². The van der Waals surface area contributed by atoms with Gasteiger partial charge in [0.15, 0.2) is 0 Å². The molecule has 0 amide bonds. The van der Waals surface area contributed by atoms with Gasteiger partial charge in [0.05, 0.1) is 11.3 Å². The third kappa shape index (κ3) is 3.47. The molecule has 18 heavy (non-hydrogen) atoms. The van der Waals surface area contributed by atoms with Gasteiger partial charge in [-0.2, -0.15) is 0 Å². The van der Waals surface area contributed by atoms with E-state index >= 15 is 0 Å². The number of carboxylic acids is 2. The highest BCUT2D eigenvalue weighted by molar-refractivity contribution is 5.76. The van der Waals surface area contributed by atoms with Crippen molar-refractivity contribution < 1.29 is 19.8 Å². The quantitative estimate of drug-likeness (QED) is 0.734. The Morgan fingerprint density at radius 3 is 1.83 bits per heavy atom. The first-order chi connectivity index (χ1) is 8.12. The summed E-state index contributed by atoms with van der Waals surface area (Å²) in [4.78, 5) is 22.6. The van der Waals surface area contributed by atoms with E-state index in [1.54, 1.807) is 0 Å². The molecule has 0 radical (unpaired) electrons. The molecule has 0 aliphatic rings. The molecule has 0 saturated heterocycles. The molecule has 0 heterocycles. The molecule has 0 rings (SSSR count). The first-order valence-electron chi connectivity index (χ1n) is 6.58. The maximum absolute atomic E-state index is 11.6. The van der Waals surface area contributed by atoms with Crippen molar-refractivity contribution in [2.75, 3.05) is 0 Å². The molecule has 0 aromatic rings. The predicted molar refractivity (Wildman–Crippen MR) is 70.5 cm³/mol. The van der Waals surface area contributed by atoms with Crippen LogP contribution in [0.4, 0.5) is 0 Å². The molecule has 106 valence electrons. The van der Waals surface area contributed by atoms with Crippen molar-refractivity contribution in [1.82, 2.24) is 0 Å². The summed E-state index contributed by atoms with van der Waals surface area (Å²) < 4.78 is 0. The van der Waals surface area contributed by atoms with Crippen LogP contribution in [0.25, 0.3) is 0 Å². The van der Waals surface area contributed by atoms with Gasteiger partial charge in [0.1, 0.15) is 0 Å². The lowest BCUT2D eigenvalue weighted by Gasteiger charge is -2.41. The predicted octanol–water partition coefficient (Wildman–Crippen LogP) is 3.40. The highest BCUT2D eigenvalue weighted by Crippen LogP contribution is 2.46. The van der Waals surface area contributed by atoms with E-state index in [4.69, 9.17) is 5.11 Å². The van der Waals surface area contributed by atoms with E-state index in [1.165, 1.54) is 0 Å². The van der Waals surface area contributed by atoms with Crippen molar-refractivity contribution in [1.29, 1.82) is 0 Å². The number of carbonyl (C=O) groups is 2. The Morgan fingerprint density at radius 2 is 1.61 bits per heavy atom. The molecule has 0 spiro atoms.